The fourth-order valence-electron chi connectivity index (χ4n) is 2.59. The zero-order chi connectivity index (χ0) is 18.9. The fraction of sp³-hybridized carbons (Fsp3) is 0.222. The van der Waals surface area contributed by atoms with Crippen LogP contribution in [-0.2, 0) is 6.18 Å². The van der Waals surface area contributed by atoms with Gasteiger partial charge in [0.2, 0.25) is 0 Å². The summed E-state index contributed by atoms with van der Waals surface area (Å²) in [5, 5.41) is 8.89. The summed E-state index contributed by atoms with van der Waals surface area (Å²) in [6, 6.07) is 8.50. The highest BCUT2D eigenvalue weighted by Crippen LogP contribution is 2.30. The number of rotatable bonds is 4. The number of aromatic nitrogens is 2. The van der Waals surface area contributed by atoms with Gasteiger partial charge in [-0.3, -0.25) is 4.79 Å². The molecule has 1 aromatic carbocycles. The number of hydrogen-bond acceptors (Lipinski definition) is 3. The van der Waals surface area contributed by atoms with E-state index in [1.54, 1.807) is 6.92 Å². The number of amides is 1. The second kappa shape index (κ2) is 6.95. The lowest BCUT2D eigenvalue weighted by molar-refractivity contribution is -0.137. The first-order valence-electron chi connectivity index (χ1n) is 7.84. The van der Waals surface area contributed by atoms with Crippen molar-refractivity contribution in [3.05, 3.63) is 69.7 Å². The van der Waals surface area contributed by atoms with Crippen molar-refractivity contribution >= 4 is 17.2 Å². The number of nitrogens with one attached hydrogen (secondary N) is 1. The van der Waals surface area contributed by atoms with Gasteiger partial charge < -0.3 is 5.32 Å². The Bertz CT molecular complexity index is 916. The molecule has 1 amide bonds. The highest BCUT2D eigenvalue weighted by molar-refractivity contribution is 7.10. The lowest BCUT2D eigenvalue weighted by atomic mass is 10.2. The van der Waals surface area contributed by atoms with Gasteiger partial charge in [0.25, 0.3) is 5.91 Å². The minimum Gasteiger partial charge on any atom is -0.345 e. The molecule has 136 valence electrons. The molecule has 26 heavy (non-hydrogen) atoms. The Morgan fingerprint density at radius 3 is 2.69 bits per heavy atom. The summed E-state index contributed by atoms with van der Waals surface area (Å²) in [6.07, 6.45) is -3.07. The zero-order valence-corrected chi connectivity index (χ0v) is 14.9. The smallest absolute Gasteiger partial charge is 0.345 e. The lowest BCUT2D eigenvalue weighted by Gasteiger charge is -2.12. The molecule has 0 spiro atoms. The number of carbonyl (C=O) groups is 1. The summed E-state index contributed by atoms with van der Waals surface area (Å²) in [4.78, 5) is 13.5. The van der Waals surface area contributed by atoms with Crippen LogP contribution < -0.4 is 5.32 Å². The Hall–Kier alpha value is -2.61. The van der Waals surface area contributed by atoms with Crippen LogP contribution in [0.5, 0.6) is 0 Å². The molecule has 0 radical (unpaired) electrons. The number of hydrogen-bond donors (Lipinski definition) is 1. The van der Waals surface area contributed by atoms with Crippen LogP contribution in [0.1, 0.15) is 39.5 Å². The van der Waals surface area contributed by atoms with Crippen molar-refractivity contribution in [3.63, 3.8) is 0 Å². The number of carbonyl (C=O) groups excluding carboxylic acids is 1. The molecule has 0 bridgehead atoms. The van der Waals surface area contributed by atoms with E-state index in [9.17, 15) is 18.0 Å². The number of benzene rings is 1. The second-order valence-corrected chi connectivity index (χ2v) is 6.79. The maximum absolute atomic E-state index is 12.9. The minimum absolute atomic E-state index is 0.168. The van der Waals surface area contributed by atoms with Gasteiger partial charge in [0, 0.05) is 4.88 Å². The predicted octanol–water partition coefficient (Wildman–Crippen LogP) is 4.75. The molecule has 1 unspecified atom stereocenters. The minimum atomic E-state index is -4.44. The van der Waals surface area contributed by atoms with Gasteiger partial charge in [-0.25, -0.2) is 4.68 Å². The first kappa shape index (κ1) is 18.2. The van der Waals surface area contributed by atoms with Crippen LogP contribution in [0, 0.1) is 6.92 Å². The van der Waals surface area contributed by atoms with Gasteiger partial charge in [0.05, 0.1) is 34.7 Å². The third-order valence-electron chi connectivity index (χ3n) is 3.99. The average molecular weight is 379 g/mol. The summed E-state index contributed by atoms with van der Waals surface area (Å²) in [5.74, 6) is -0.318. The average Bonchev–Trinajstić information content (AvgIpc) is 3.23. The number of halogens is 3. The summed E-state index contributed by atoms with van der Waals surface area (Å²) < 4.78 is 40.0. The molecular weight excluding hydrogens is 363 g/mol. The third kappa shape index (κ3) is 3.65. The maximum atomic E-state index is 12.9. The van der Waals surface area contributed by atoms with Gasteiger partial charge in [-0.15, -0.1) is 11.3 Å². The van der Waals surface area contributed by atoms with Crippen molar-refractivity contribution in [1.29, 1.82) is 0 Å². The SMILES string of the molecule is Cc1c(C(=O)NC(C)c2cccs2)cnn1-c1cccc(C(F)(F)F)c1. The first-order valence-corrected chi connectivity index (χ1v) is 8.72. The van der Waals surface area contributed by atoms with Gasteiger partial charge in [-0.2, -0.15) is 18.3 Å². The molecule has 0 saturated heterocycles. The molecule has 1 atom stereocenters. The number of thiophene rings is 1. The summed E-state index contributed by atoms with van der Waals surface area (Å²) in [5.41, 5.74) is 0.288. The Labute approximate surface area is 152 Å². The van der Waals surface area contributed by atoms with Crippen molar-refractivity contribution in [2.45, 2.75) is 26.1 Å². The van der Waals surface area contributed by atoms with E-state index in [2.05, 4.69) is 10.4 Å². The van der Waals surface area contributed by atoms with Crippen LogP contribution >= 0.6 is 11.3 Å². The number of alkyl halides is 3. The monoisotopic (exact) mass is 379 g/mol. The first-order chi connectivity index (χ1) is 12.3. The topological polar surface area (TPSA) is 46.9 Å². The Balaban J connectivity index is 1.85. The molecule has 2 aromatic heterocycles. The van der Waals surface area contributed by atoms with Crippen LogP contribution in [0.3, 0.4) is 0 Å². The summed E-state index contributed by atoms with van der Waals surface area (Å²) in [7, 11) is 0. The van der Waals surface area contributed by atoms with Gasteiger partial charge in [0.1, 0.15) is 0 Å². The van der Waals surface area contributed by atoms with Crippen molar-refractivity contribution in [2.75, 3.05) is 0 Å². The van der Waals surface area contributed by atoms with Crippen LogP contribution in [0.4, 0.5) is 13.2 Å². The Kier molecular flexibility index (Phi) is 4.86. The summed E-state index contributed by atoms with van der Waals surface area (Å²) >= 11 is 1.54. The van der Waals surface area contributed by atoms with Crippen molar-refractivity contribution in [1.82, 2.24) is 15.1 Å². The van der Waals surface area contributed by atoms with Gasteiger partial charge in [0.15, 0.2) is 0 Å². The van der Waals surface area contributed by atoms with E-state index in [1.165, 1.54) is 34.3 Å². The van der Waals surface area contributed by atoms with E-state index in [4.69, 9.17) is 0 Å². The normalized spacial score (nSPS) is 12.8. The molecule has 8 heteroatoms. The summed E-state index contributed by atoms with van der Waals surface area (Å²) in [6.45, 7) is 3.52. The van der Waals surface area contributed by atoms with E-state index in [-0.39, 0.29) is 17.6 Å². The molecule has 1 N–H and O–H groups in total. The van der Waals surface area contributed by atoms with Crippen molar-refractivity contribution in [2.24, 2.45) is 0 Å². The standard InChI is InChI=1S/C18H16F3N3OS/c1-11(16-7-4-8-26-16)23-17(25)15-10-22-24(12(15)2)14-6-3-5-13(9-14)18(19,20)21/h3-11H,1-2H3,(H,23,25). The third-order valence-corrected chi connectivity index (χ3v) is 5.05. The molecule has 2 heterocycles. The molecule has 0 aliphatic rings. The molecule has 3 aromatic rings. The van der Waals surface area contributed by atoms with Gasteiger partial charge >= 0.3 is 6.18 Å². The molecule has 0 aliphatic heterocycles. The Morgan fingerprint density at radius 2 is 2.04 bits per heavy atom. The number of nitrogens with zero attached hydrogens (tertiary/aromatic N) is 2. The van der Waals surface area contributed by atoms with Gasteiger partial charge in [-0.1, -0.05) is 12.1 Å². The van der Waals surface area contributed by atoms with E-state index in [1.807, 2.05) is 24.4 Å². The van der Waals surface area contributed by atoms with E-state index in [0.717, 1.165) is 17.0 Å². The van der Waals surface area contributed by atoms with Crippen molar-refractivity contribution in [3.8, 4) is 5.69 Å². The molecule has 0 aliphatic carbocycles. The molecule has 3 rings (SSSR count). The van der Waals surface area contributed by atoms with Crippen LogP contribution in [0.25, 0.3) is 5.69 Å². The maximum Gasteiger partial charge on any atom is 0.416 e. The van der Waals surface area contributed by atoms with E-state index >= 15 is 0 Å². The van der Waals surface area contributed by atoms with Gasteiger partial charge in [-0.05, 0) is 43.5 Å². The zero-order valence-electron chi connectivity index (χ0n) is 14.0. The highest BCUT2D eigenvalue weighted by Gasteiger charge is 2.30. The van der Waals surface area contributed by atoms with E-state index < -0.39 is 11.7 Å². The quantitative estimate of drug-likeness (QED) is 0.711. The predicted molar refractivity (Wildman–Crippen MR) is 93.5 cm³/mol. The van der Waals surface area contributed by atoms with Crippen LogP contribution in [-0.4, -0.2) is 15.7 Å². The largest absolute Gasteiger partial charge is 0.416 e. The van der Waals surface area contributed by atoms with Crippen LogP contribution in [0.2, 0.25) is 0 Å². The van der Waals surface area contributed by atoms with Crippen molar-refractivity contribution < 1.29 is 18.0 Å². The molecule has 4 nitrogen and oxygen atoms in total. The molecule has 0 saturated carbocycles. The highest BCUT2D eigenvalue weighted by atomic mass is 32.1. The molecular formula is C18H16F3N3OS. The fourth-order valence-corrected chi connectivity index (χ4v) is 3.32. The van der Waals surface area contributed by atoms with Crippen LogP contribution in [0.15, 0.2) is 48.0 Å². The molecule has 0 fully saturated rings. The second-order valence-electron chi connectivity index (χ2n) is 5.81. The lowest BCUT2D eigenvalue weighted by Crippen LogP contribution is -2.26. The Morgan fingerprint density at radius 1 is 1.27 bits per heavy atom. The van der Waals surface area contributed by atoms with E-state index in [0.29, 0.717) is 11.3 Å².